The summed E-state index contributed by atoms with van der Waals surface area (Å²) >= 11 is 6.79. The molecular formula is C13H18Br2N2O2S. The highest BCUT2D eigenvalue weighted by Crippen LogP contribution is 2.32. The second-order valence-corrected chi connectivity index (χ2v) is 8.74. The molecule has 0 radical (unpaired) electrons. The van der Waals surface area contributed by atoms with Crippen molar-refractivity contribution in [2.75, 3.05) is 13.1 Å². The monoisotopic (exact) mass is 424 g/mol. The molecule has 1 fully saturated rings. The van der Waals surface area contributed by atoms with Crippen LogP contribution in [0, 0.1) is 6.92 Å². The molecule has 0 aromatic heterocycles. The summed E-state index contributed by atoms with van der Waals surface area (Å²) in [5.41, 5.74) is 0.997. The van der Waals surface area contributed by atoms with E-state index in [9.17, 15) is 8.42 Å². The summed E-state index contributed by atoms with van der Waals surface area (Å²) in [4.78, 5) is 0.315. The van der Waals surface area contributed by atoms with E-state index in [0.717, 1.165) is 10.0 Å². The SMILES string of the molecule is Cc1cc(Br)c(S(=O)(=O)N2C(C)CNCC2C)cc1Br. The summed E-state index contributed by atoms with van der Waals surface area (Å²) < 4.78 is 28.9. The van der Waals surface area contributed by atoms with E-state index in [-0.39, 0.29) is 12.1 Å². The molecule has 0 saturated carbocycles. The van der Waals surface area contributed by atoms with Gasteiger partial charge in [-0.3, -0.25) is 0 Å². The van der Waals surface area contributed by atoms with Crippen LogP contribution in [0.2, 0.25) is 0 Å². The molecule has 2 atom stereocenters. The Morgan fingerprint density at radius 2 is 1.70 bits per heavy atom. The first-order valence-electron chi connectivity index (χ1n) is 6.45. The van der Waals surface area contributed by atoms with Gasteiger partial charge in [0.1, 0.15) is 0 Å². The minimum Gasteiger partial charge on any atom is -0.314 e. The van der Waals surface area contributed by atoms with E-state index in [1.807, 2.05) is 26.8 Å². The van der Waals surface area contributed by atoms with E-state index < -0.39 is 10.0 Å². The number of nitrogens with zero attached hydrogens (tertiary/aromatic N) is 1. The Morgan fingerprint density at radius 1 is 1.15 bits per heavy atom. The van der Waals surface area contributed by atoms with Gasteiger partial charge in [-0.1, -0.05) is 15.9 Å². The van der Waals surface area contributed by atoms with Crippen molar-refractivity contribution in [3.8, 4) is 0 Å². The largest absolute Gasteiger partial charge is 0.314 e. The van der Waals surface area contributed by atoms with Crippen LogP contribution in [0.5, 0.6) is 0 Å². The van der Waals surface area contributed by atoms with Gasteiger partial charge < -0.3 is 5.32 Å². The first-order valence-corrected chi connectivity index (χ1v) is 9.47. The fourth-order valence-corrected chi connectivity index (χ4v) is 5.99. The van der Waals surface area contributed by atoms with Crippen molar-refractivity contribution in [3.05, 3.63) is 26.6 Å². The van der Waals surface area contributed by atoms with Crippen molar-refractivity contribution in [1.82, 2.24) is 9.62 Å². The maximum Gasteiger partial charge on any atom is 0.244 e. The maximum atomic E-state index is 12.9. The third kappa shape index (κ3) is 2.97. The molecule has 1 aliphatic heterocycles. The third-order valence-electron chi connectivity index (χ3n) is 3.52. The molecule has 0 bridgehead atoms. The predicted molar refractivity (Wildman–Crippen MR) is 87.4 cm³/mol. The molecule has 1 aromatic carbocycles. The highest BCUT2D eigenvalue weighted by Gasteiger charge is 2.36. The van der Waals surface area contributed by atoms with Gasteiger partial charge in [0.15, 0.2) is 0 Å². The highest BCUT2D eigenvalue weighted by molar-refractivity contribution is 9.11. The maximum absolute atomic E-state index is 12.9. The van der Waals surface area contributed by atoms with Crippen molar-refractivity contribution < 1.29 is 8.42 Å². The minimum absolute atomic E-state index is 0.0595. The molecule has 1 aromatic rings. The molecule has 0 amide bonds. The molecule has 2 unspecified atom stereocenters. The zero-order valence-electron chi connectivity index (χ0n) is 11.7. The Hall–Kier alpha value is 0.0500. The van der Waals surface area contributed by atoms with E-state index in [1.165, 1.54) is 0 Å². The van der Waals surface area contributed by atoms with Gasteiger partial charge in [0.2, 0.25) is 10.0 Å². The van der Waals surface area contributed by atoms with Gasteiger partial charge in [0, 0.05) is 34.1 Å². The summed E-state index contributed by atoms with van der Waals surface area (Å²) in [6, 6.07) is 3.39. The van der Waals surface area contributed by atoms with Crippen LogP contribution in [-0.4, -0.2) is 37.9 Å². The van der Waals surface area contributed by atoms with Gasteiger partial charge in [-0.2, -0.15) is 4.31 Å². The van der Waals surface area contributed by atoms with Crippen LogP contribution in [0.15, 0.2) is 26.0 Å². The molecule has 7 heteroatoms. The Bertz CT molecular complexity index is 609. The lowest BCUT2D eigenvalue weighted by atomic mass is 10.2. The molecule has 4 nitrogen and oxygen atoms in total. The number of aryl methyl sites for hydroxylation is 1. The first-order chi connectivity index (χ1) is 9.25. The second-order valence-electron chi connectivity index (χ2n) is 5.22. The minimum atomic E-state index is -3.51. The number of rotatable bonds is 2. The molecule has 1 N–H and O–H groups in total. The average Bonchev–Trinajstić information content (AvgIpc) is 2.33. The zero-order chi connectivity index (χ0) is 15.1. The molecule has 0 spiro atoms. The Balaban J connectivity index is 2.52. The third-order valence-corrected chi connectivity index (χ3v) is 7.46. The predicted octanol–water partition coefficient (Wildman–Crippen LogP) is 2.89. The summed E-state index contributed by atoms with van der Waals surface area (Å²) in [6.45, 7) is 7.14. The standard InChI is InChI=1S/C13H18Br2N2O2S/c1-8-4-12(15)13(5-11(8)14)20(18,19)17-9(2)6-16-7-10(17)3/h4-5,9-10,16H,6-7H2,1-3H3. The summed E-state index contributed by atoms with van der Waals surface area (Å²) in [7, 11) is -3.51. The van der Waals surface area contributed by atoms with Gasteiger partial charge in [0.25, 0.3) is 0 Å². The van der Waals surface area contributed by atoms with Gasteiger partial charge >= 0.3 is 0 Å². The lowest BCUT2D eigenvalue weighted by molar-refractivity contribution is 0.220. The highest BCUT2D eigenvalue weighted by atomic mass is 79.9. The van der Waals surface area contributed by atoms with Crippen molar-refractivity contribution in [2.45, 2.75) is 37.8 Å². The lowest BCUT2D eigenvalue weighted by Crippen LogP contribution is -2.57. The Morgan fingerprint density at radius 3 is 2.25 bits per heavy atom. The molecule has 1 saturated heterocycles. The van der Waals surface area contributed by atoms with Crippen molar-refractivity contribution in [3.63, 3.8) is 0 Å². The average molecular weight is 426 g/mol. The number of hydrogen-bond acceptors (Lipinski definition) is 3. The Kier molecular flexibility index (Phi) is 4.96. The number of sulfonamides is 1. The van der Waals surface area contributed by atoms with Crippen LogP contribution >= 0.6 is 31.9 Å². The van der Waals surface area contributed by atoms with E-state index in [0.29, 0.717) is 22.5 Å². The van der Waals surface area contributed by atoms with E-state index in [4.69, 9.17) is 0 Å². The van der Waals surface area contributed by atoms with Crippen LogP contribution in [-0.2, 0) is 10.0 Å². The molecule has 1 heterocycles. The van der Waals surface area contributed by atoms with Crippen LogP contribution in [0.25, 0.3) is 0 Å². The van der Waals surface area contributed by atoms with Crippen LogP contribution < -0.4 is 5.32 Å². The van der Waals surface area contributed by atoms with Crippen LogP contribution in [0.3, 0.4) is 0 Å². The lowest BCUT2D eigenvalue weighted by Gasteiger charge is -2.38. The zero-order valence-corrected chi connectivity index (χ0v) is 15.6. The van der Waals surface area contributed by atoms with E-state index in [2.05, 4.69) is 37.2 Å². The fraction of sp³-hybridized carbons (Fsp3) is 0.538. The number of piperazine rings is 1. The van der Waals surface area contributed by atoms with Crippen LogP contribution in [0.4, 0.5) is 0 Å². The van der Waals surface area contributed by atoms with E-state index in [1.54, 1.807) is 10.4 Å². The number of nitrogens with one attached hydrogen (secondary N) is 1. The molecule has 2 rings (SSSR count). The topological polar surface area (TPSA) is 49.4 Å². The van der Waals surface area contributed by atoms with Gasteiger partial charge in [-0.15, -0.1) is 0 Å². The quantitative estimate of drug-likeness (QED) is 0.792. The summed E-state index contributed by atoms with van der Waals surface area (Å²) in [5, 5.41) is 3.25. The van der Waals surface area contributed by atoms with Gasteiger partial charge in [0.05, 0.1) is 4.90 Å². The molecule has 0 aliphatic carbocycles. The molecule has 112 valence electrons. The number of hydrogen-bond donors (Lipinski definition) is 1. The summed E-state index contributed by atoms with van der Waals surface area (Å²) in [6.07, 6.45) is 0. The molecule has 20 heavy (non-hydrogen) atoms. The summed E-state index contributed by atoms with van der Waals surface area (Å²) in [5.74, 6) is 0. The number of benzene rings is 1. The second kappa shape index (κ2) is 6.04. The fourth-order valence-electron chi connectivity index (χ4n) is 2.53. The Labute approximate surface area is 137 Å². The van der Waals surface area contributed by atoms with Crippen molar-refractivity contribution in [2.24, 2.45) is 0 Å². The smallest absolute Gasteiger partial charge is 0.244 e. The molecular weight excluding hydrogens is 408 g/mol. The van der Waals surface area contributed by atoms with E-state index >= 15 is 0 Å². The normalized spacial score (nSPS) is 24.9. The van der Waals surface area contributed by atoms with Gasteiger partial charge in [-0.25, -0.2) is 8.42 Å². The van der Waals surface area contributed by atoms with Crippen molar-refractivity contribution >= 4 is 41.9 Å². The van der Waals surface area contributed by atoms with Crippen molar-refractivity contribution in [1.29, 1.82) is 0 Å². The van der Waals surface area contributed by atoms with Crippen LogP contribution in [0.1, 0.15) is 19.4 Å². The van der Waals surface area contributed by atoms with Gasteiger partial charge in [-0.05, 0) is 54.4 Å². The first kappa shape index (κ1) is 16.4. The number of halogens is 2. The molecule has 1 aliphatic rings.